The molecule has 1 atom stereocenters. The van der Waals surface area contributed by atoms with Crippen LogP contribution in [0.5, 0.6) is 0 Å². The van der Waals surface area contributed by atoms with Crippen molar-refractivity contribution >= 4 is 17.6 Å². The molecule has 0 saturated carbocycles. The van der Waals surface area contributed by atoms with Gasteiger partial charge in [0.15, 0.2) is 0 Å². The lowest BCUT2D eigenvalue weighted by Gasteiger charge is -2.10. The lowest BCUT2D eigenvalue weighted by Crippen LogP contribution is -2.18. The molecule has 1 aliphatic heterocycles. The van der Waals surface area contributed by atoms with Gasteiger partial charge in [0.1, 0.15) is 6.61 Å². The van der Waals surface area contributed by atoms with Gasteiger partial charge in [0.25, 0.3) is 0 Å². The highest BCUT2D eigenvalue weighted by atomic mass is 35.5. The summed E-state index contributed by atoms with van der Waals surface area (Å²) < 4.78 is 10.4. The zero-order valence-corrected chi connectivity index (χ0v) is 9.44. The molecule has 2 rings (SSSR count). The van der Waals surface area contributed by atoms with Crippen LogP contribution < -0.4 is 0 Å². The van der Waals surface area contributed by atoms with Crippen LogP contribution in [0, 0.1) is 0 Å². The Bertz CT molecular complexity index is 377. The average Bonchev–Trinajstić information content (AvgIpc) is 2.79. The molecule has 1 aromatic heterocycles. The molecule has 4 nitrogen and oxygen atoms in total. The van der Waals surface area contributed by atoms with Crippen LogP contribution in [-0.2, 0) is 9.47 Å². The van der Waals surface area contributed by atoms with Gasteiger partial charge >= 0.3 is 5.97 Å². The molecule has 0 radical (unpaired) electrons. The van der Waals surface area contributed by atoms with E-state index in [9.17, 15) is 4.79 Å². The van der Waals surface area contributed by atoms with Gasteiger partial charge in [0.2, 0.25) is 0 Å². The number of carbonyl (C=O) groups is 1. The Morgan fingerprint density at radius 1 is 1.69 bits per heavy atom. The first-order valence-electron chi connectivity index (χ1n) is 5.15. The fraction of sp³-hybridized carbons (Fsp3) is 0.455. The van der Waals surface area contributed by atoms with E-state index in [0.29, 0.717) is 10.6 Å². The number of hydrogen-bond acceptors (Lipinski definition) is 4. The molecule has 16 heavy (non-hydrogen) atoms. The van der Waals surface area contributed by atoms with E-state index in [-0.39, 0.29) is 12.7 Å². The average molecular weight is 242 g/mol. The van der Waals surface area contributed by atoms with Crippen LogP contribution in [0.3, 0.4) is 0 Å². The first-order chi connectivity index (χ1) is 7.77. The summed E-state index contributed by atoms with van der Waals surface area (Å²) in [5.41, 5.74) is 0.294. The number of nitrogens with zero attached hydrogens (tertiary/aromatic N) is 1. The van der Waals surface area contributed by atoms with E-state index < -0.39 is 5.97 Å². The molecule has 1 aliphatic rings. The van der Waals surface area contributed by atoms with Crippen LogP contribution in [0.25, 0.3) is 0 Å². The third-order valence-electron chi connectivity index (χ3n) is 2.41. The maximum atomic E-state index is 11.6. The Hall–Kier alpha value is -1.13. The van der Waals surface area contributed by atoms with Crippen molar-refractivity contribution in [1.29, 1.82) is 0 Å². The number of esters is 1. The summed E-state index contributed by atoms with van der Waals surface area (Å²) in [6, 6.07) is 1.56. The summed E-state index contributed by atoms with van der Waals surface area (Å²) in [6.45, 7) is 1.03. The van der Waals surface area contributed by atoms with Crippen molar-refractivity contribution in [3.63, 3.8) is 0 Å². The van der Waals surface area contributed by atoms with E-state index in [1.807, 2.05) is 0 Å². The van der Waals surface area contributed by atoms with Gasteiger partial charge in [-0.25, -0.2) is 4.79 Å². The monoisotopic (exact) mass is 241 g/mol. The van der Waals surface area contributed by atoms with Crippen molar-refractivity contribution < 1.29 is 14.3 Å². The number of pyridine rings is 1. The molecule has 0 amide bonds. The highest BCUT2D eigenvalue weighted by molar-refractivity contribution is 6.33. The van der Waals surface area contributed by atoms with Crippen molar-refractivity contribution in [3.05, 3.63) is 29.0 Å². The Kier molecular flexibility index (Phi) is 3.74. The fourth-order valence-corrected chi connectivity index (χ4v) is 1.73. The number of aromatic nitrogens is 1. The number of halogens is 1. The maximum absolute atomic E-state index is 11.6. The van der Waals surface area contributed by atoms with E-state index in [4.69, 9.17) is 21.1 Å². The van der Waals surface area contributed by atoms with Gasteiger partial charge in [-0.3, -0.25) is 4.98 Å². The molecular weight excluding hydrogens is 230 g/mol. The third-order valence-corrected chi connectivity index (χ3v) is 2.74. The van der Waals surface area contributed by atoms with E-state index in [2.05, 4.69) is 4.98 Å². The van der Waals surface area contributed by atoms with Gasteiger partial charge in [-0.15, -0.1) is 0 Å². The molecule has 0 N–H and O–H groups in total. The van der Waals surface area contributed by atoms with Crippen LogP contribution in [0.1, 0.15) is 23.2 Å². The predicted molar refractivity (Wildman–Crippen MR) is 58.5 cm³/mol. The minimum Gasteiger partial charge on any atom is -0.459 e. The van der Waals surface area contributed by atoms with Crippen LogP contribution in [-0.4, -0.2) is 30.3 Å². The van der Waals surface area contributed by atoms with Crippen molar-refractivity contribution in [2.45, 2.75) is 18.9 Å². The Labute approximate surface area is 98.5 Å². The summed E-state index contributed by atoms with van der Waals surface area (Å²) in [5.74, 6) is -0.450. The second-order valence-electron chi connectivity index (χ2n) is 3.59. The van der Waals surface area contributed by atoms with E-state index >= 15 is 0 Å². The van der Waals surface area contributed by atoms with Crippen LogP contribution in [0.15, 0.2) is 18.5 Å². The highest BCUT2D eigenvalue weighted by Crippen LogP contribution is 2.16. The van der Waals surface area contributed by atoms with Crippen molar-refractivity contribution in [2.75, 3.05) is 13.2 Å². The normalized spacial score (nSPS) is 19.7. The first-order valence-corrected chi connectivity index (χ1v) is 5.53. The molecule has 0 bridgehead atoms. The van der Waals surface area contributed by atoms with E-state index in [1.54, 1.807) is 6.07 Å². The second-order valence-corrected chi connectivity index (χ2v) is 4.00. The molecule has 2 heterocycles. The Morgan fingerprint density at radius 2 is 2.56 bits per heavy atom. The summed E-state index contributed by atoms with van der Waals surface area (Å²) in [5, 5.41) is 0.354. The molecule has 0 aromatic carbocycles. The van der Waals surface area contributed by atoms with Crippen molar-refractivity contribution in [2.24, 2.45) is 0 Å². The molecule has 86 valence electrons. The topological polar surface area (TPSA) is 48.4 Å². The molecule has 1 saturated heterocycles. The van der Waals surface area contributed by atoms with Crippen LogP contribution >= 0.6 is 11.6 Å². The third kappa shape index (κ3) is 2.71. The van der Waals surface area contributed by atoms with Crippen molar-refractivity contribution in [3.8, 4) is 0 Å². The zero-order chi connectivity index (χ0) is 11.4. The summed E-state index contributed by atoms with van der Waals surface area (Å²) in [6.07, 6.45) is 4.92. The lowest BCUT2D eigenvalue weighted by molar-refractivity contribution is 0.0161. The minimum absolute atomic E-state index is 0.0272. The number of carbonyl (C=O) groups excluding carboxylic acids is 1. The smallest absolute Gasteiger partial charge is 0.341 e. The van der Waals surface area contributed by atoms with Gasteiger partial charge < -0.3 is 9.47 Å². The standard InChI is InChI=1S/C11H12ClNO3/c12-10-3-4-13-6-9(10)11(14)16-7-8-2-1-5-15-8/h3-4,6,8H,1-2,5,7H2. The van der Waals surface area contributed by atoms with Gasteiger partial charge in [0.05, 0.1) is 16.7 Å². The van der Waals surface area contributed by atoms with Crippen LogP contribution in [0.2, 0.25) is 5.02 Å². The summed E-state index contributed by atoms with van der Waals surface area (Å²) in [4.78, 5) is 15.4. The van der Waals surface area contributed by atoms with Crippen molar-refractivity contribution in [1.82, 2.24) is 4.98 Å². The maximum Gasteiger partial charge on any atom is 0.341 e. The van der Waals surface area contributed by atoms with Gasteiger partial charge in [-0.1, -0.05) is 11.6 Å². The predicted octanol–water partition coefficient (Wildman–Crippen LogP) is 2.07. The second kappa shape index (κ2) is 5.27. The van der Waals surface area contributed by atoms with Gasteiger partial charge in [-0.2, -0.15) is 0 Å². The number of ether oxygens (including phenoxy) is 2. The molecular formula is C11H12ClNO3. The molecule has 0 spiro atoms. The molecule has 1 fully saturated rings. The molecule has 0 aliphatic carbocycles. The highest BCUT2D eigenvalue weighted by Gasteiger charge is 2.19. The Balaban J connectivity index is 1.90. The SMILES string of the molecule is O=C(OCC1CCCO1)c1cnccc1Cl. The largest absolute Gasteiger partial charge is 0.459 e. The van der Waals surface area contributed by atoms with E-state index in [0.717, 1.165) is 19.4 Å². The number of hydrogen-bond donors (Lipinski definition) is 0. The quantitative estimate of drug-likeness (QED) is 0.761. The molecule has 1 aromatic rings. The fourth-order valence-electron chi connectivity index (χ4n) is 1.55. The summed E-state index contributed by atoms with van der Waals surface area (Å²) >= 11 is 5.84. The summed E-state index contributed by atoms with van der Waals surface area (Å²) in [7, 11) is 0. The lowest BCUT2D eigenvalue weighted by atomic mass is 10.2. The zero-order valence-electron chi connectivity index (χ0n) is 8.69. The molecule has 5 heteroatoms. The Morgan fingerprint density at radius 3 is 3.25 bits per heavy atom. The number of rotatable bonds is 3. The van der Waals surface area contributed by atoms with Crippen LogP contribution in [0.4, 0.5) is 0 Å². The van der Waals surface area contributed by atoms with Gasteiger partial charge in [-0.05, 0) is 18.9 Å². The first kappa shape index (κ1) is 11.4. The van der Waals surface area contributed by atoms with E-state index in [1.165, 1.54) is 12.4 Å². The molecule has 1 unspecified atom stereocenters. The van der Waals surface area contributed by atoms with Gasteiger partial charge in [0, 0.05) is 19.0 Å². The minimum atomic E-state index is -0.450.